The molecule has 0 spiro atoms. The number of para-hydroxylation sites is 2. The van der Waals surface area contributed by atoms with E-state index in [2.05, 4.69) is 0 Å². The number of aromatic nitrogens is 2. The molecule has 9 atom stereocenters. The SMILES string of the molecule is O=P(OCc1ccccc1)(OCc1ccccc1)O[C@@H]1[C@@H](OCc2ccccc2)[C@@H](O[C@H]2[C@@H](OP(=O)(OCc3ccccc3)OCc3ccccc3)[C@H](n3cnc4ccccc43)O[C@@H]2COCc2ccccc2)O[C@H](COCc2ccccc2)[C@H]1OP(=O)(OCc1ccccc1)OCc1ccccc1. The van der Waals surface area contributed by atoms with E-state index in [1.807, 2.05) is 297 Å². The van der Waals surface area contributed by atoms with Crippen molar-refractivity contribution in [1.29, 1.82) is 0 Å². The molecule has 1 aromatic heterocycles. The van der Waals surface area contributed by atoms with Crippen LogP contribution in [0.1, 0.15) is 56.3 Å². The van der Waals surface area contributed by atoms with E-state index in [0.717, 1.165) is 11.1 Å². The van der Waals surface area contributed by atoms with Gasteiger partial charge in [0.2, 0.25) is 0 Å². The van der Waals surface area contributed by atoms with Crippen LogP contribution in [0.2, 0.25) is 0 Å². The van der Waals surface area contributed by atoms with Gasteiger partial charge in [0, 0.05) is 0 Å². The minimum Gasteiger partial charge on any atom is -0.374 e. The molecule has 2 aliphatic heterocycles. The summed E-state index contributed by atoms with van der Waals surface area (Å²) in [5, 5.41) is 0. The summed E-state index contributed by atoms with van der Waals surface area (Å²) in [4.78, 5) is 4.79. The molecule has 3 heterocycles. The van der Waals surface area contributed by atoms with Crippen LogP contribution in [0.25, 0.3) is 11.0 Å². The van der Waals surface area contributed by atoms with Crippen LogP contribution >= 0.6 is 23.5 Å². The van der Waals surface area contributed by atoms with Crippen LogP contribution in [0.4, 0.5) is 0 Å². The smallest absolute Gasteiger partial charge is 0.374 e. The number of hydrogen-bond donors (Lipinski definition) is 0. The average Bonchev–Trinajstić information content (AvgIpc) is 1.65. The first kappa shape index (κ1) is 74.0. The molecule has 0 unspecified atom stereocenters. The molecular weight excluding hydrogens is 1380 g/mol. The number of imidazole rings is 1. The van der Waals surface area contributed by atoms with Crippen molar-refractivity contribution in [3.63, 3.8) is 0 Å². The molecular formula is C81H81N2O18P3. The van der Waals surface area contributed by atoms with Crippen molar-refractivity contribution in [1.82, 2.24) is 9.55 Å². The molecule has 0 amide bonds. The Morgan fingerprint density at radius 1 is 0.308 bits per heavy atom. The Balaban J connectivity index is 0.972. The van der Waals surface area contributed by atoms with Gasteiger partial charge in [-0.2, -0.15) is 0 Å². The van der Waals surface area contributed by atoms with Gasteiger partial charge < -0.3 is 33.0 Å². The molecule has 0 saturated carbocycles. The van der Waals surface area contributed by atoms with Gasteiger partial charge in [-0.15, -0.1) is 0 Å². The largest absolute Gasteiger partial charge is 0.475 e. The van der Waals surface area contributed by atoms with E-state index < -0.39 is 78.7 Å². The summed E-state index contributed by atoms with van der Waals surface area (Å²) in [5.74, 6) is 0. The maximum absolute atomic E-state index is 16.5. The Hall–Kier alpha value is -8.24. The van der Waals surface area contributed by atoms with Gasteiger partial charge in [0.05, 0.1) is 90.0 Å². The van der Waals surface area contributed by atoms with Gasteiger partial charge in [0.25, 0.3) is 0 Å². The van der Waals surface area contributed by atoms with Crippen molar-refractivity contribution in [2.45, 2.75) is 115 Å². The second-order valence-electron chi connectivity index (χ2n) is 24.7. The fourth-order valence-corrected chi connectivity index (χ4v) is 15.9. The average molecular weight is 1460 g/mol. The maximum atomic E-state index is 16.5. The quantitative estimate of drug-likeness (QED) is 0.0330. The van der Waals surface area contributed by atoms with Crippen LogP contribution < -0.4 is 0 Å². The van der Waals surface area contributed by atoms with E-state index >= 15 is 13.7 Å². The Labute approximate surface area is 605 Å². The molecule has 23 heteroatoms. The number of rotatable bonds is 38. The third kappa shape index (κ3) is 21.1. The van der Waals surface area contributed by atoms with Gasteiger partial charge in [-0.3, -0.25) is 40.7 Å². The highest BCUT2D eigenvalue weighted by atomic mass is 31.2. The summed E-state index contributed by atoms with van der Waals surface area (Å²) >= 11 is 0. The van der Waals surface area contributed by atoms with Gasteiger partial charge in [-0.1, -0.05) is 285 Å². The monoisotopic (exact) mass is 1460 g/mol. The normalized spacial score (nSPS) is 20.0. The molecule has 538 valence electrons. The molecule has 0 aliphatic carbocycles. The van der Waals surface area contributed by atoms with Crippen molar-refractivity contribution < 1.29 is 82.8 Å². The summed E-state index contributed by atoms with van der Waals surface area (Å²) in [7, 11) is -14.7. The molecule has 0 radical (unpaired) electrons. The van der Waals surface area contributed by atoms with E-state index in [0.29, 0.717) is 50.0 Å². The van der Waals surface area contributed by atoms with E-state index in [1.54, 1.807) is 10.9 Å². The van der Waals surface area contributed by atoms with Crippen LogP contribution in [-0.2, 0) is 142 Å². The molecule has 13 rings (SSSR count). The molecule has 11 aromatic rings. The predicted octanol–water partition coefficient (Wildman–Crippen LogP) is 17.8. The predicted molar refractivity (Wildman–Crippen MR) is 389 cm³/mol. The van der Waals surface area contributed by atoms with Gasteiger partial charge in [-0.25, -0.2) is 18.7 Å². The zero-order valence-corrected chi connectivity index (χ0v) is 59.6. The fraction of sp³-hybridized carbons (Fsp3) is 0.247. The van der Waals surface area contributed by atoms with Crippen molar-refractivity contribution in [2.75, 3.05) is 13.2 Å². The molecule has 0 N–H and O–H groups in total. The number of hydrogen-bond acceptors (Lipinski definition) is 19. The lowest BCUT2D eigenvalue weighted by atomic mass is 9.98. The third-order valence-electron chi connectivity index (χ3n) is 17.1. The zero-order chi connectivity index (χ0) is 71.1. The third-order valence-corrected chi connectivity index (χ3v) is 21.3. The number of ether oxygens (including phenoxy) is 6. The summed E-state index contributed by atoms with van der Waals surface area (Å²) in [5.41, 5.74) is 7.47. The van der Waals surface area contributed by atoms with Crippen molar-refractivity contribution >= 4 is 34.5 Å². The minimum absolute atomic E-state index is 0.0406. The first-order chi connectivity index (χ1) is 51.1. The zero-order valence-electron chi connectivity index (χ0n) is 56.9. The second-order valence-corrected chi connectivity index (χ2v) is 29.6. The highest BCUT2D eigenvalue weighted by Gasteiger charge is 2.59. The summed E-state index contributed by atoms with van der Waals surface area (Å²) in [6, 6.07) is 90.7. The fourth-order valence-electron chi connectivity index (χ4n) is 11.8. The lowest BCUT2D eigenvalue weighted by molar-refractivity contribution is -0.325. The topological polar surface area (TPSA) is 207 Å². The molecule has 2 aliphatic rings. The van der Waals surface area contributed by atoms with Crippen LogP contribution in [0.5, 0.6) is 0 Å². The Bertz CT molecular complexity index is 4350. The summed E-state index contributed by atoms with van der Waals surface area (Å²) < 4.78 is 153. The Kier molecular flexibility index (Phi) is 26.4. The van der Waals surface area contributed by atoms with Crippen molar-refractivity contribution in [2.24, 2.45) is 0 Å². The first-order valence-electron chi connectivity index (χ1n) is 34.3. The number of fused-ring (bicyclic) bond motifs is 1. The summed E-state index contributed by atoms with van der Waals surface area (Å²) in [6.45, 7) is -1.97. The lowest BCUT2D eigenvalue weighted by Gasteiger charge is -2.47. The summed E-state index contributed by atoms with van der Waals surface area (Å²) in [6.07, 6.45) is -12.0. The minimum atomic E-state index is -5.01. The van der Waals surface area contributed by atoms with Gasteiger partial charge in [0.1, 0.15) is 42.7 Å². The van der Waals surface area contributed by atoms with Crippen LogP contribution in [0.3, 0.4) is 0 Å². The Morgan fingerprint density at radius 2 is 0.606 bits per heavy atom. The second kappa shape index (κ2) is 37.1. The first-order valence-corrected chi connectivity index (χ1v) is 38.7. The van der Waals surface area contributed by atoms with Gasteiger partial charge >= 0.3 is 23.5 Å². The lowest BCUT2D eigenvalue weighted by Crippen LogP contribution is -2.62. The molecule has 2 saturated heterocycles. The maximum Gasteiger partial charge on any atom is 0.475 e. The van der Waals surface area contributed by atoms with E-state index in [9.17, 15) is 0 Å². The van der Waals surface area contributed by atoms with Crippen molar-refractivity contribution in [3.8, 4) is 0 Å². The number of phosphoric ester groups is 3. The van der Waals surface area contributed by atoms with Crippen molar-refractivity contribution in [3.05, 3.63) is 354 Å². The molecule has 20 nitrogen and oxygen atoms in total. The standard InChI is InChI=1S/C81H81N2O18P3/c84-102(90-53-65-36-16-4-17-37-65,91-54-66-38-18-5-19-39-66)99-76-74(60-88-51-63-32-12-2-13-33-63)97-81(79(89-52-64-34-14-3-15-35-64)77(76)100-103(85,92-55-67-40-20-6-21-41-67)93-56-68-42-22-7-23-43-68)98-75-73(59-87-50-62-30-10-1-11-31-62)96-80(83-61-82-71-48-28-29-49-72(71)83)78(75)101-104(86,94-57-69-44-24-8-25-45-69)95-58-70-46-26-9-27-47-70/h1-49,61,73-81H,50-60H2/t73-,74-,75-,76-,77+,78-,79-,80-,81-/m1/s1. The molecule has 10 aromatic carbocycles. The highest BCUT2D eigenvalue weighted by Crippen LogP contribution is 2.60. The van der Waals surface area contributed by atoms with E-state index in [-0.39, 0.29) is 72.7 Å². The van der Waals surface area contributed by atoms with Crippen LogP contribution in [-0.4, -0.2) is 71.8 Å². The number of nitrogens with zero attached hydrogens (tertiary/aromatic N) is 2. The molecule has 104 heavy (non-hydrogen) atoms. The molecule has 2 fully saturated rings. The van der Waals surface area contributed by atoms with Gasteiger partial charge in [0.15, 0.2) is 12.5 Å². The number of benzene rings is 10. The van der Waals surface area contributed by atoms with Gasteiger partial charge in [-0.05, 0) is 62.2 Å². The Morgan fingerprint density at radius 3 is 0.971 bits per heavy atom. The van der Waals surface area contributed by atoms with E-state index in [1.165, 1.54) is 0 Å². The molecule has 0 bridgehead atoms. The number of phosphoric acid groups is 3. The van der Waals surface area contributed by atoms with E-state index in [4.69, 9.17) is 74.1 Å². The highest BCUT2D eigenvalue weighted by molar-refractivity contribution is 7.49. The van der Waals surface area contributed by atoms with Crippen LogP contribution in [0.15, 0.2) is 304 Å². The van der Waals surface area contributed by atoms with Crippen LogP contribution in [0, 0.1) is 0 Å².